The van der Waals surface area contributed by atoms with Gasteiger partial charge in [0.25, 0.3) is 5.91 Å². The minimum absolute atomic E-state index is 0.119. The predicted molar refractivity (Wildman–Crippen MR) is 85.4 cm³/mol. The second-order valence-corrected chi connectivity index (χ2v) is 6.12. The van der Waals surface area contributed by atoms with Gasteiger partial charge in [-0.15, -0.1) is 0 Å². The number of phenolic OH excluding ortho intramolecular Hbond substituents is 1. The molecule has 1 aromatic carbocycles. The first kappa shape index (κ1) is 15.6. The molecule has 1 amide bonds. The Morgan fingerprint density at radius 1 is 1.39 bits per heavy atom. The fourth-order valence-electron chi connectivity index (χ4n) is 1.51. The first-order chi connectivity index (χ1) is 8.65. The summed E-state index contributed by atoms with van der Waals surface area (Å²) in [7, 11) is 0. The molecule has 0 spiro atoms. The molecule has 2 N–H and O–H groups in total. The van der Waals surface area contributed by atoms with E-state index in [-0.39, 0.29) is 11.7 Å². The Morgan fingerprint density at radius 3 is 2.83 bits per heavy atom. The fraction of sp³-hybridized carbons (Fsp3) is 0.462. The molecule has 5 heteroatoms. The summed E-state index contributed by atoms with van der Waals surface area (Å²) in [6, 6.07) is 4.97. The number of aromatic hydroxyl groups is 1. The molecule has 3 nitrogen and oxygen atoms in total. The summed E-state index contributed by atoms with van der Waals surface area (Å²) in [5, 5.41) is 12.4. The molecule has 0 aromatic heterocycles. The molecule has 0 heterocycles. The van der Waals surface area contributed by atoms with Gasteiger partial charge in [-0.1, -0.05) is 6.42 Å². The van der Waals surface area contributed by atoms with Gasteiger partial charge >= 0.3 is 0 Å². The third-order valence-electron chi connectivity index (χ3n) is 2.52. The van der Waals surface area contributed by atoms with Crippen molar-refractivity contribution < 1.29 is 9.90 Å². The maximum Gasteiger partial charge on any atom is 0.251 e. The summed E-state index contributed by atoms with van der Waals surface area (Å²) in [6.45, 7) is 0.694. The Hall–Kier alpha value is -0.430. The minimum Gasteiger partial charge on any atom is -0.507 e. The van der Waals surface area contributed by atoms with Gasteiger partial charge in [-0.25, -0.2) is 0 Å². The summed E-state index contributed by atoms with van der Waals surface area (Å²) in [5.41, 5.74) is 0.511. The highest BCUT2D eigenvalue weighted by atomic mass is 127. The van der Waals surface area contributed by atoms with E-state index in [0.717, 1.165) is 16.4 Å². The lowest BCUT2D eigenvalue weighted by Gasteiger charge is -2.06. The average molecular weight is 379 g/mol. The third kappa shape index (κ3) is 5.48. The van der Waals surface area contributed by atoms with Crippen molar-refractivity contribution in [3.8, 4) is 5.75 Å². The maximum atomic E-state index is 11.8. The first-order valence-corrected chi connectivity index (χ1v) is 8.38. The lowest BCUT2D eigenvalue weighted by molar-refractivity contribution is 0.0952. The van der Waals surface area contributed by atoms with Gasteiger partial charge in [-0.3, -0.25) is 4.79 Å². The summed E-state index contributed by atoms with van der Waals surface area (Å²) >= 11 is 3.88. The molecule has 1 rings (SSSR count). The topological polar surface area (TPSA) is 49.3 Å². The molecule has 0 atom stereocenters. The number of thioether (sulfide) groups is 1. The van der Waals surface area contributed by atoms with Crippen LogP contribution in [0.2, 0.25) is 0 Å². The van der Waals surface area contributed by atoms with Crippen molar-refractivity contribution in [2.75, 3.05) is 18.6 Å². The highest BCUT2D eigenvalue weighted by Crippen LogP contribution is 2.20. The van der Waals surface area contributed by atoms with Crippen molar-refractivity contribution in [2.45, 2.75) is 19.3 Å². The zero-order valence-corrected chi connectivity index (χ0v) is 13.4. The molecule has 0 saturated carbocycles. The van der Waals surface area contributed by atoms with Gasteiger partial charge in [0.05, 0.1) is 3.57 Å². The van der Waals surface area contributed by atoms with Crippen LogP contribution in [-0.4, -0.2) is 29.6 Å². The van der Waals surface area contributed by atoms with Crippen molar-refractivity contribution in [1.29, 1.82) is 0 Å². The third-order valence-corrected chi connectivity index (χ3v) is 4.13. The van der Waals surface area contributed by atoms with E-state index in [9.17, 15) is 9.90 Å². The Bertz CT molecular complexity index is 399. The lowest BCUT2D eigenvalue weighted by atomic mass is 10.2. The van der Waals surface area contributed by atoms with E-state index >= 15 is 0 Å². The van der Waals surface area contributed by atoms with E-state index in [4.69, 9.17) is 0 Å². The van der Waals surface area contributed by atoms with Gasteiger partial charge in [-0.2, -0.15) is 11.8 Å². The molecule has 0 unspecified atom stereocenters. The molecule has 0 aliphatic rings. The SMILES string of the molecule is CSCCCCCNC(=O)c1ccc(I)c(O)c1. The first-order valence-electron chi connectivity index (χ1n) is 5.91. The molecule has 100 valence electrons. The van der Waals surface area contributed by atoms with Crippen LogP contribution in [0, 0.1) is 3.57 Å². The smallest absolute Gasteiger partial charge is 0.251 e. The molecule has 0 fully saturated rings. The van der Waals surface area contributed by atoms with Crippen LogP contribution in [0.15, 0.2) is 18.2 Å². The lowest BCUT2D eigenvalue weighted by Crippen LogP contribution is -2.24. The molecular weight excluding hydrogens is 361 g/mol. The van der Waals surface area contributed by atoms with E-state index in [1.807, 2.05) is 34.4 Å². The van der Waals surface area contributed by atoms with Gasteiger partial charge in [-0.05, 0) is 65.6 Å². The van der Waals surface area contributed by atoms with Crippen LogP contribution in [0.4, 0.5) is 0 Å². The summed E-state index contributed by atoms with van der Waals surface area (Å²) in [5.74, 6) is 1.22. The number of unbranched alkanes of at least 4 members (excludes halogenated alkanes) is 2. The van der Waals surface area contributed by atoms with Crippen LogP contribution in [0.25, 0.3) is 0 Å². The number of carbonyl (C=O) groups is 1. The zero-order valence-electron chi connectivity index (χ0n) is 10.4. The molecule has 1 aromatic rings. The Kier molecular flexibility index (Phi) is 7.50. The van der Waals surface area contributed by atoms with Gasteiger partial charge in [0.2, 0.25) is 0 Å². The minimum atomic E-state index is -0.119. The fourth-order valence-corrected chi connectivity index (χ4v) is 2.33. The zero-order chi connectivity index (χ0) is 13.4. The molecular formula is C13H18INO2S. The van der Waals surface area contributed by atoms with Crippen molar-refractivity contribution in [2.24, 2.45) is 0 Å². The van der Waals surface area contributed by atoms with Crippen molar-refractivity contribution >= 4 is 40.3 Å². The number of carbonyl (C=O) groups excluding carboxylic acids is 1. The molecule has 18 heavy (non-hydrogen) atoms. The van der Waals surface area contributed by atoms with Gasteiger partial charge < -0.3 is 10.4 Å². The number of hydrogen-bond donors (Lipinski definition) is 2. The van der Waals surface area contributed by atoms with E-state index in [2.05, 4.69) is 11.6 Å². The monoisotopic (exact) mass is 379 g/mol. The highest BCUT2D eigenvalue weighted by molar-refractivity contribution is 14.1. The van der Waals surface area contributed by atoms with Gasteiger partial charge in [0.1, 0.15) is 5.75 Å². The highest BCUT2D eigenvalue weighted by Gasteiger charge is 2.07. The largest absolute Gasteiger partial charge is 0.507 e. The van der Waals surface area contributed by atoms with Crippen molar-refractivity contribution in [1.82, 2.24) is 5.32 Å². The van der Waals surface area contributed by atoms with E-state index in [1.165, 1.54) is 18.2 Å². The Morgan fingerprint density at radius 2 is 2.17 bits per heavy atom. The van der Waals surface area contributed by atoms with Crippen LogP contribution >= 0.6 is 34.4 Å². The number of hydrogen-bond acceptors (Lipinski definition) is 3. The quantitative estimate of drug-likeness (QED) is 0.565. The van der Waals surface area contributed by atoms with Gasteiger partial charge in [0, 0.05) is 12.1 Å². The van der Waals surface area contributed by atoms with Crippen LogP contribution in [0.5, 0.6) is 5.75 Å². The molecule has 0 bridgehead atoms. The Balaban J connectivity index is 2.30. The molecule has 0 radical (unpaired) electrons. The van der Waals surface area contributed by atoms with E-state index in [0.29, 0.717) is 12.1 Å². The number of nitrogens with one attached hydrogen (secondary N) is 1. The number of amides is 1. The number of benzene rings is 1. The second-order valence-electron chi connectivity index (χ2n) is 3.98. The van der Waals surface area contributed by atoms with E-state index in [1.54, 1.807) is 12.1 Å². The second kappa shape index (κ2) is 8.63. The Labute approximate surface area is 126 Å². The number of phenols is 1. The van der Waals surface area contributed by atoms with Crippen LogP contribution in [0.3, 0.4) is 0 Å². The predicted octanol–water partition coefficient (Wildman–Crippen LogP) is 3.26. The van der Waals surface area contributed by atoms with Crippen LogP contribution in [-0.2, 0) is 0 Å². The number of rotatable bonds is 7. The molecule has 0 saturated heterocycles. The molecule has 0 aliphatic carbocycles. The van der Waals surface area contributed by atoms with Crippen LogP contribution in [0.1, 0.15) is 29.6 Å². The van der Waals surface area contributed by atoms with Crippen molar-refractivity contribution in [3.05, 3.63) is 27.3 Å². The molecule has 0 aliphatic heterocycles. The normalized spacial score (nSPS) is 10.3. The van der Waals surface area contributed by atoms with Gasteiger partial charge in [0.15, 0.2) is 0 Å². The number of halogens is 1. The standard InChI is InChI=1S/C13H18INO2S/c1-18-8-4-2-3-7-15-13(17)10-5-6-11(14)12(16)9-10/h5-6,9,16H,2-4,7-8H2,1H3,(H,15,17). The van der Waals surface area contributed by atoms with Crippen molar-refractivity contribution in [3.63, 3.8) is 0 Å². The summed E-state index contributed by atoms with van der Waals surface area (Å²) in [6.07, 6.45) is 5.44. The van der Waals surface area contributed by atoms with Crippen LogP contribution < -0.4 is 5.32 Å². The average Bonchev–Trinajstić information content (AvgIpc) is 2.36. The summed E-state index contributed by atoms with van der Waals surface area (Å²) < 4.78 is 0.751. The van der Waals surface area contributed by atoms with E-state index < -0.39 is 0 Å². The maximum absolute atomic E-state index is 11.8. The summed E-state index contributed by atoms with van der Waals surface area (Å²) in [4.78, 5) is 11.8.